The molecule has 0 N–H and O–H groups in total. The molecule has 0 aliphatic heterocycles. The zero-order chi connectivity index (χ0) is 15.6. The lowest BCUT2D eigenvalue weighted by molar-refractivity contribution is 0.236. The zero-order valence-corrected chi connectivity index (χ0v) is 13.4. The van der Waals surface area contributed by atoms with Gasteiger partial charge in [0, 0.05) is 25.0 Å². The molecule has 0 fully saturated rings. The molecule has 3 nitrogen and oxygen atoms in total. The van der Waals surface area contributed by atoms with Crippen molar-refractivity contribution in [3.63, 3.8) is 0 Å². The van der Waals surface area contributed by atoms with Crippen LogP contribution in [0, 0.1) is 0 Å². The molecule has 0 radical (unpaired) electrons. The number of aromatic nitrogens is 2. The minimum absolute atomic E-state index is 0.539. The summed E-state index contributed by atoms with van der Waals surface area (Å²) in [5, 5.41) is 4.27. The molecule has 3 aromatic rings. The molecular formula is C20H21N3. The van der Waals surface area contributed by atoms with Gasteiger partial charge in [-0.15, -0.1) is 0 Å². The van der Waals surface area contributed by atoms with Crippen LogP contribution in [0.1, 0.15) is 29.2 Å². The molecule has 1 unspecified atom stereocenters. The van der Waals surface area contributed by atoms with Crippen LogP contribution >= 0.6 is 0 Å². The molecule has 1 aliphatic carbocycles. The van der Waals surface area contributed by atoms with Crippen LogP contribution in [0.25, 0.3) is 5.69 Å². The molecule has 1 aliphatic rings. The van der Waals surface area contributed by atoms with Gasteiger partial charge in [-0.3, -0.25) is 4.90 Å². The second kappa shape index (κ2) is 6.01. The van der Waals surface area contributed by atoms with E-state index in [9.17, 15) is 0 Å². The molecule has 0 saturated heterocycles. The maximum absolute atomic E-state index is 4.27. The van der Waals surface area contributed by atoms with E-state index < -0.39 is 0 Å². The normalized spacial score (nSPS) is 16.7. The van der Waals surface area contributed by atoms with Crippen molar-refractivity contribution in [3.05, 3.63) is 83.7 Å². The van der Waals surface area contributed by atoms with E-state index in [1.165, 1.54) is 29.5 Å². The van der Waals surface area contributed by atoms with Crippen LogP contribution in [-0.2, 0) is 13.0 Å². The van der Waals surface area contributed by atoms with Crippen molar-refractivity contribution in [2.24, 2.45) is 0 Å². The van der Waals surface area contributed by atoms with E-state index in [4.69, 9.17) is 0 Å². The topological polar surface area (TPSA) is 21.1 Å². The molecular weight excluding hydrogens is 282 g/mol. The van der Waals surface area contributed by atoms with Gasteiger partial charge in [0.15, 0.2) is 0 Å². The third-order valence-corrected chi connectivity index (χ3v) is 4.77. The van der Waals surface area contributed by atoms with Crippen LogP contribution in [0.5, 0.6) is 0 Å². The summed E-state index contributed by atoms with van der Waals surface area (Å²) in [7, 11) is 2.23. The molecule has 1 atom stereocenters. The van der Waals surface area contributed by atoms with Crippen molar-refractivity contribution in [3.8, 4) is 5.69 Å². The van der Waals surface area contributed by atoms with Gasteiger partial charge >= 0.3 is 0 Å². The number of benzene rings is 2. The van der Waals surface area contributed by atoms with Crippen molar-refractivity contribution >= 4 is 0 Å². The molecule has 1 aromatic heterocycles. The van der Waals surface area contributed by atoms with Crippen LogP contribution in [0.4, 0.5) is 0 Å². The van der Waals surface area contributed by atoms with E-state index in [0.29, 0.717) is 6.04 Å². The van der Waals surface area contributed by atoms with E-state index in [1.54, 1.807) is 6.20 Å². The summed E-state index contributed by atoms with van der Waals surface area (Å²) in [5.74, 6) is 0. The number of hydrogen-bond acceptors (Lipinski definition) is 2. The molecule has 0 amide bonds. The Bertz CT molecular complexity index is 775. The largest absolute Gasteiger partial charge is 0.295 e. The second-order valence-corrected chi connectivity index (χ2v) is 6.29. The van der Waals surface area contributed by atoms with Crippen LogP contribution in [0.15, 0.2) is 67.0 Å². The van der Waals surface area contributed by atoms with Gasteiger partial charge in [0.05, 0.1) is 5.69 Å². The highest BCUT2D eigenvalue weighted by molar-refractivity contribution is 5.36. The Morgan fingerprint density at radius 3 is 2.70 bits per heavy atom. The van der Waals surface area contributed by atoms with Crippen LogP contribution < -0.4 is 0 Å². The van der Waals surface area contributed by atoms with Gasteiger partial charge in [0.2, 0.25) is 0 Å². The fourth-order valence-electron chi connectivity index (χ4n) is 3.57. The maximum atomic E-state index is 4.27. The summed E-state index contributed by atoms with van der Waals surface area (Å²) >= 11 is 0. The Hall–Kier alpha value is -2.39. The molecule has 0 saturated carbocycles. The molecule has 0 spiro atoms. The van der Waals surface area contributed by atoms with E-state index >= 15 is 0 Å². The first-order valence-corrected chi connectivity index (χ1v) is 8.18. The van der Waals surface area contributed by atoms with E-state index in [-0.39, 0.29) is 0 Å². The number of nitrogens with zero attached hydrogens (tertiary/aromatic N) is 3. The quantitative estimate of drug-likeness (QED) is 0.726. The SMILES string of the molecule is CN(Cc1ccc(-n2cccn2)cc1)C1CCc2ccccc21. The van der Waals surface area contributed by atoms with Gasteiger partial charge < -0.3 is 0 Å². The van der Waals surface area contributed by atoms with Crippen molar-refractivity contribution in [1.82, 2.24) is 14.7 Å². The summed E-state index contributed by atoms with van der Waals surface area (Å²) in [6.45, 7) is 0.971. The summed E-state index contributed by atoms with van der Waals surface area (Å²) in [5.41, 5.74) is 5.46. The number of fused-ring (bicyclic) bond motifs is 1. The zero-order valence-electron chi connectivity index (χ0n) is 13.4. The highest BCUT2D eigenvalue weighted by Gasteiger charge is 2.25. The molecule has 116 valence electrons. The van der Waals surface area contributed by atoms with Crippen LogP contribution in [0.2, 0.25) is 0 Å². The van der Waals surface area contributed by atoms with Crippen molar-refractivity contribution in [2.75, 3.05) is 7.05 Å². The molecule has 2 aromatic carbocycles. The first kappa shape index (κ1) is 14.2. The van der Waals surface area contributed by atoms with Crippen LogP contribution in [-0.4, -0.2) is 21.7 Å². The Balaban J connectivity index is 1.48. The predicted octanol–water partition coefficient (Wildman–Crippen LogP) is 3.99. The average molecular weight is 303 g/mol. The second-order valence-electron chi connectivity index (χ2n) is 6.29. The highest BCUT2D eigenvalue weighted by atomic mass is 15.3. The molecule has 3 heteroatoms. The third-order valence-electron chi connectivity index (χ3n) is 4.77. The Morgan fingerprint density at radius 1 is 1.09 bits per heavy atom. The Kier molecular flexibility index (Phi) is 3.72. The lowest BCUT2D eigenvalue weighted by Crippen LogP contribution is -2.22. The van der Waals surface area contributed by atoms with E-state index in [2.05, 4.69) is 65.6 Å². The molecule has 23 heavy (non-hydrogen) atoms. The van der Waals surface area contributed by atoms with E-state index in [0.717, 1.165) is 12.2 Å². The third kappa shape index (κ3) is 2.80. The molecule has 0 bridgehead atoms. The maximum Gasteiger partial charge on any atom is 0.0645 e. The number of aryl methyl sites for hydroxylation is 1. The van der Waals surface area contributed by atoms with Gasteiger partial charge in [-0.2, -0.15) is 5.10 Å². The number of rotatable bonds is 4. The van der Waals surface area contributed by atoms with Gasteiger partial charge in [0.1, 0.15) is 0 Å². The smallest absolute Gasteiger partial charge is 0.0645 e. The molecule has 4 rings (SSSR count). The lowest BCUT2D eigenvalue weighted by atomic mass is 10.1. The minimum Gasteiger partial charge on any atom is -0.295 e. The Labute approximate surface area is 137 Å². The first-order valence-electron chi connectivity index (χ1n) is 8.18. The minimum atomic E-state index is 0.539. The fraction of sp³-hybridized carbons (Fsp3) is 0.250. The van der Waals surface area contributed by atoms with E-state index in [1.807, 2.05) is 16.9 Å². The van der Waals surface area contributed by atoms with Gasteiger partial charge in [-0.05, 0) is 54.8 Å². The summed E-state index contributed by atoms with van der Waals surface area (Å²) in [4.78, 5) is 2.47. The summed E-state index contributed by atoms with van der Waals surface area (Å²) in [6.07, 6.45) is 6.19. The van der Waals surface area contributed by atoms with Gasteiger partial charge in [0.25, 0.3) is 0 Å². The summed E-state index contributed by atoms with van der Waals surface area (Å²) in [6, 6.07) is 20.0. The highest BCUT2D eigenvalue weighted by Crippen LogP contribution is 2.35. The van der Waals surface area contributed by atoms with Crippen LogP contribution in [0.3, 0.4) is 0 Å². The fourth-order valence-corrected chi connectivity index (χ4v) is 3.57. The monoisotopic (exact) mass is 303 g/mol. The first-order chi connectivity index (χ1) is 11.3. The van der Waals surface area contributed by atoms with Crippen molar-refractivity contribution in [2.45, 2.75) is 25.4 Å². The van der Waals surface area contributed by atoms with Crippen molar-refractivity contribution in [1.29, 1.82) is 0 Å². The summed E-state index contributed by atoms with van der Waals surface area (Å²) < 4.78 is 1.89. The standard InChI is InChI=1S/C20H21N3/c1-22(20-12-9-17-5-2-3-6-19(17)20)15-16-7-10-18(11-8-16)23-14-4-13-21-23/h2-8,10-11,13-14,20H,9,12,15H2,1H3. The van der Waals surface area contributed by atoms with Gasteiger partial charge in [-0.25, -0.2) is 4.68 Å². The predicted molar refractivity (Wildman–Crippen MR) is 92.5 cm³/mol. The average Bonchev–Trinajstić information content (AvgIpc) is 3.25. The lowest BCUT2D eigenvalue weighted by Gasteiger charge is -2.25. The van der Waals surface area contributed by atoms with Crippen molar-refractivity contribution < 1.29 is 0 Å². The Morgan fingerprint density at radius 2 is 1.91 bits per heavy atom. The number of hydrogen-bond donors (Lipinski definition) is 0. The molecule has 1 heterocycles. The van der Waals surface area contributed by atoms with Gasteiger partial charge in [-0.1, -0.05) is 36.4 Å².